The third-order valence-corrected chi connectivity index (χ3v) is 6.63. The van der Waals surface area contributed by atoms with Crippen LogP contribution in [0.25, 0.3) is 0 Å². The van der Waals surface area contributed by atoms with Gasteiger partial charge in [-0.2, -0.15) is 0 Å². The third-order valence-electron chi connectivity index (χ3n) is 5.00. The average molecular weight is 365 g/mol. The van der Waals surface area contributed by atoms with Crippen molar-refractivity contribution in [3.63, 3.8) is 0 Å². The summed E-state index contributed by atoms with van der Waals surface area (Å²) in [6, 6.07) is 10.3. The molecule has 0 aliphatic carbocycles. The minimum Gasteiger partial charge on any atom is -0.402 e. The summed E-state index contributed by atoms with van der Waals surface area (Å²) in [6.07, 6.45) is 1.67. The molecule has 1 saturated heterocycles. The second-order valence-corrected chi connectivity index (χ2v) is 10.8. The van der Waals surface area contributed by atoms with Gasteiger partial charge in [-0.1, -0.05) is 30.3 Å². The van der Waals surface area contributed by atoms with Crippen molar-refractivity contribution in [3.8, 4) is 0 Å². The third kappa shape index (κ3) is 5.16. The highest BCUT2D eigenvalue weighted by molar-refractivity contribution is 7.84. The number of aryl methyl sites for hydroxylation is 1. The first kappa shape index (κ1) is 20.6. The Morgan fingerprint density at radius 1 is 1.08 bits per heavy atom. The highest BCUT2D eigenvalue weighted by Gasteiger charge is 2.54. The molecule has 0 saturated carbocycles. The lowest BCUT2D eigenvalue weighted by molar-refractivity contribution is 0.00578. The van der Waals surface area contributed by atoms with Gasteiger partial charge >= 0.3 is 7.12 Å². The molecule has 4 nitrogen and oxygen atoms in total. The molecule has 1 fully saturated rings. The van der Waals surface area contributed by atoms with E-state index in [0.29, 0.717) is 0 Å². The van der Waals surface area contributed by atoms with Gasteiger partial charge in [0.25, 0.3) is 0 Å². The van der Waals surface area contributed by atoms with E-state index in [9.17, 15) is 4.21 Å². The maximum absolute atomic E-state index is 12.7. The molecule has 6 heteroatoms. The van der Waals surface area contributed by atoms with Crippen LogP contribution in [0.1, 0.15) is 60.5 Å². The van der Waals surface area contributed by atoms with E-state index < -0.39 is 29.3 Å². The normalized spacial score (nSPS) is 22.0. The summed E-state index contributed by atoms with van der Waals surface area (Å²) in [6.45, 7) is 14.1. The lowest BCUT2D eigenvalue weighted by Gasteiger charge is -2.32. The fraction of sp³-hybridized carbons (Fsp3) is 0.684. The van der Waals surface area contributed by atoms with Gasteiger partial charge in [0.2, 0.25) is 0 Å². The molecule has 1 aromatic carbocycles. The summed E-state index contributed by atoms with van der Waals surface area (Å²) in [5, 5.41) is 0. The van der Waals surface area contributed by atoms with E-state index >= 15 is 0 Å². The molecule has 1 aromatic rings. The molecule has 1 aliphatic rings. The Morgan fingerprint density at radius 3 is 2.08 bits per heavy atom. The molecule has 2 rings (SSSR count). The Labute approximate surface area is 155 Å². The van der Waals surface area contributed by atoms with Gasteiger partial charge in [0.05, 0.1) is 32.9 Å². The van der Waals surface area contributed by atoms with E-state index in [1.54, 1.807) is 0 Å². The van der Waals surface area contributed by atoms with Crippen LogP contribution in [0.2, 0.25) is 0 Å². The summed E-state index contributed by atoms with van der Waals surface area (Å²) in [4.78, 5) is 0. The Morgan fingerprint density at radius 2 is 1.60 bits per heavy atom. The average Bonchev–Trinajstić information content (AvgIpc) is 2.71. The van der Waals surface area contributed by atoms with Crippen LogP contribution in [0.15, 0.2) is 30.3 Å². The maximum Gasteiger partial charge on any atom is 0.477 e. The van der Waals surface area contributed by atoms with Crippen LogP contribution in [0.3, 0.4) is 0 Å². The molecule has 0 radical (unpaired) electrons. The summed E-state index contributed by atoms with van der Waals surface area (Å²) in [7, 11) is -1.60. The molecule has 1 heterocycles. The standard InChI is InChI=1S/C19H32BNO3S/c1-17(2,3)25(22)21-16(14-13-15-11-9-8-10-12-15)20-23-18(4,5)19(6,7)24-20/h8-12,16,21H,13-14H2,1-7H3/t16-,25?/m0/s1. The Hall–Kier alpha value is -0.685. The fourth-order valence-corrected chi connectivity index (χ4v) is 3.44. The van der Waals surface area contributed by atoms with E-state index in [1.165, 1.54) is 5.56 Å². The summed E-state index contributed by atoms with van der Waals surface area (Å²) >= 11 is 0. The Balaban J connectivity index is 2.13. The van der Waals surface area contributed by atoms with Crippen LogP contribution in [0.5, 0.6) is 0 Å². The van der Waals surface area contributed by atoms with Crippen molar-refractivity contribution in [2.24, 2.45) is 0 Å². The van der Waals surface area contributed by atoms with E-state index in [4.69, 9.17) is 9.31 Å². The van der Waals surface area contributed by atoms with Gasteiger partial charge in [-0.15, -0.1) is 0 Å². The highest BCUT2D eigenvalue weighted by Crippen LogP contribution is 2.38. The van der Waals surface area contributed by atoms with Crippen molar-refractivity contribution in [2.45, 2.75) is 83.2 Å². The lowest BCUT2D eigenvalue weighted by Crippen LogP contribution is -2.49. The second-order valence-electron chi connectivity index (χ2n) is 8.75. The van der Waals surface area contributed by atoms with E-state index in [1.807, 2.05) is 66.7 Å². The second kappa shape index (κ2) is 7.51. The molecule has 25 heavy (non-hydrogen) atoms. The Kier molecular flexibility index (Phi) is 6.20. The highest BCUT2D eigenvalue weighted by atomic mass is 32.2. The zero-order valence-corrected chi connectivity index (χ0v) is 17.4. The minimum atomic E-state index is -1.18. The van der Waals surface area contributed by atoms with E-state index in [0.717, 1.165) is 12.8 Å². The van der Waals surface area contributed by atoms with Crippen molar-refractivity contribution in [1.82, 2.24) is 4.72 Å². The molecule has 0 amide bonds. The quantitative estimate of drug-likeness (QED) is 0.783. The monoisotopic (exact) mass is 365 g/mol. The smallest absolute Gasteiger partial charge is 0.402 e. The molecule has 1 unspecified atom stereocenters. The van der Waals surface area contributed by atoms with Gasteiger partial charge in [-0.05, 0) is 66.9 Å². The molecule has 1 aliphatic heterocycles. The van der Waals surface area contributed by atoms with Gasteiger partial charge in [0.15, 0.2) is 0 Å². The van der Waals surface area contributed by atoms with Crippen molar-refractivity contribution in [3.05, 3.63) is 35.9 Å². The molecule has 140 valence electrons. The van der Waals surface area contributed by atoms with Gasteiger partial charge in [0, 0.05) is 0 Å². The number of hydrogen-bond acceptors (Lipinski definition) is 3. The van der Waals surface area contributed by atoms with Gasteiger partial charge in [-0.3, -0.25) is 0 Å². The Bertz CT molecular complexity index is 582. The van der Waals surface area contributed by atoms with Crippen LogP contribution in [0.4, 0.5) is 0 Å². The molecular formula is C19H32BNO3S. The number of benzene rings is 1. The van der Waals surface area contributed by atoms with Crippen molar-refractivity contribution in [2.75, 3.05) is 0 Å². The fourth-order valence-electron chi connectivity index (χ4n) is 2.58. The van der Waals surface area contributed by atoms with Gasteiger partial charge in [0.1, 0.15) is 0 Å². The maximum atomic E-state index is 12.7. The molecule has 2 atom stereocenters. The van der Waals surface area contributed by atoms with Crippen LogP contribution < -0.4 is 4.72 Å². The SMILES string of the molecule is CC(C)(C)S(=O)N[C@@H](CCc1ccccc1)B1OC(C)(C)C(C)(C)O1. The van der Waals surface area contributed by atoms with Crippen LogP contribution in [-0.4, -0.2) is 33.2 Å². The van der Waals surface area contributed by atoms with Gasteiger partial charge < -0.3 is 9.31 Å². The minimum absolute atomic E-state index is 0.138. The van der Waals surface area contributed by atoms with E-state index in [2.05, 4.69) is 16.9 Å². The largest absolute Gasteiger partial charge is 0.477 e. The summed E-state index contributed by atoms with van der Waals surface area (Å²) in [5.41, 5.74) is 0.466. The zero-order valence-electron chi connectivity index (χ0n) is 16.6. The predicted octanol–water partition coefficient (Wildman–Crippen LogP) is 3.67. The van der Waals surface area contributed by atoms with Crippen LogP contribution >= 0.6 is 0 Å². The molecule has 0 bridgehead atoms. The van der Waals surface area contributed by atoms with Crippen molar-refractivity contribution >= 4 is 18.1 Å². The summed E-state index contributed by atoms with van der Waals surface area (Å²) < 4.78 is 28.0. The topological polar surface area (TPSA) is 47.6 Å². The van der Waals surface area contributed by atoms with E-state index in [-0.39, 0.29) is 10.7 Å². The lowest BCUT2D eigenvalue weighted by atomic mass is 9.76. The molecular weight excluding hydrogens is 333 g/mol. The number of hydrogen-bond donors (Lipinski definition) is 1. The first-order valence-electron chi connectivity index (χ1n) is 9.00. The van der Waals surface area contributed by atoms with Crippen LogP contribution in [-0.2, 0) is 26.7 Å². The predicted molar refractivity (Wildman–Crippen MR) is 106 cm³/mol. The summed E-state index contributed by atoms with van der Waals surface area (Å²) in [5.74, 6) is -0.138. The molecule has 0 spiro atoms. The molecule has 1 N–H and O–H groups in total. The number of nitrogens with one attached hydrogen (secondary N) is 1. The number of rotatable bonds is 6. The first-order chi connectivity index (χ1) is 11.4. The first-order valence-corrected chi connectivity index (χ1v) is 10.1. The van der Waals surface area contributed by atoms with Crippen molar-refractivity contribution < 1.29 is 13.5 Å². The molecule has 0 aromatic heterocycles. The zero-order chi connectivity index (χ0) is 18.9. The van der Waals surface area contributed by atoms with Crippen molar-refractivity contribution in [1.29, 1.82) is 0 Å². The van der Waals surface area contributed by atoms with Crippen LogP contribution in [0, 0.1) is 0 Å². The van der Waals surface area contributed by atoms with Gasteiger partial charge in [-0.25, -0.2) is 8.93 Å².